The summed E-state index contributed by atoms with van der Waals surface area (Å²) in [5.41, 5.74) is 3.68. The average Bonchev–Trinajstić information content (AvgIpc) is 3.27. The molecule has 2 nitrogen and oxygen atoms in total. The summed E-state index contributed by atoms with van der Waals surface area (Å²) in [7, 11) is 0. The molecule has 1 aliphatic heterocycles. The lowest BCUT2D eigenvalue weighted by molar-refractivity contribution is -0.123. The maximum absolute atomic E-state index is 13.1. The molecule has 0 aliphatic carbocycles. The van der Waals surface area contributed by atoms with E-state index in [-0.39, 0.29) is 5.91 Å². The van der Waals surface area contributed by atoms with Crippen LogP contribution in [0.1, 0.15) is 16.0 Å². The first-order chi connectivity index (χ1) is 12.7. The summed E-state index contributed by atoms with van der Waals surface area (Å²) in [4.78, 5) is 16.0. The Kier molecular flexibility index (Phi) is 4.74. The normalized spacial score (nSPS) is 15.6. The first kappa shape index (κ1) is 16.8. The van der Waals surface area contributed by atoms with Gasteiger partial charge in [-0.25, -0.2) is 0 Å². The van der Waals surface area contributed by atoms with Crippen LogP contribution >= 0.6 is 22.9 Å². The number of halogens is 1. The van der Waals surface area contributed by atoms with E-state index < -0.39 is 0 Å². The highest BCUT2D eigenvalue weighted by molar-refractivity contribution is 7.10. The summed E-state index contributed by atoms with van der Waals surface area (Å²) in [5, 5.41) is 2.69. The predicted octanol–water partition coefficient (Wildman–Crippen LogP) is 5.87. The van der Waals surface area contributed by atoms with Crippen molar-refractivity contribution >= 4 is 40.6 Å². The first-order valence-electron chi connectivity index (χ1n) is 8.29. The molecule has 26 heavy (non-hydrogen) atoms. The molecule has 0 atom stereocenters. The molecule has 0 spiro atoms. The van der Waals surface area contributed by atoms with E-state index in [1.807, 2.05) is 89.2 Å². The summed E-state index contributed by atoms with van der Waals surface area (Å²) in [6, 6.07) is 21.6. The zero-order valence-electron chi connectivity index (χ0n) is 13.9. The minimum absolute atomic E-state index is 0.0206. The van der Waals surface area contributed by atoms with E-state index in [0.29, 0.717) is 17.1 Å². The van der Waals surface area contributed by atoms with Crippen LogP contribution in [-0.4, -0.2) is 10.8 Å². The second-order valence-electron chi connectivity index (χ2n) is 6.03. The molecule has 0 saturated carbocycles. The Labute approximate surface area is 161 Å². The monoisotopic (exact) mass is 377 g/mol. The fourth-order valence-electron chi connectivity index (χ4n) is 2.97. The first-order valence-corrected chi connectivity index (χ1v) is 9.55. The third kappa shape index (κ3) is 3.50. The molecule has 2 aromatic carbocycles. The lowest BCUT2D eigenvalue weighted by Gasteiger charge is -2.21. The summed E-state index contributed by atoms with van der Waals surface area (Å²) in [6.45, 7) is 0.538. The molecule has 0 radical (unpaired) electrons. The molecule has 4 heteroatoms. The molecule has 0 N–H and O–H groups in total. The van der Waals surface area contributed by atoms with Crippen LogP contribution < -0.4 is 0 Å². The van der Waals surface area contributed by atoms with E-state index in [1.54, 1.807) is 11.3 Å². The van der Waals surface area contributed by atoms with Gasteiger partial charge in [0.1, 0.15) is 0 Å². The number of benzene rings is 2. The van der Waals surface area contributed by atoms with Crippen molar-refractivity contribution < 1.29 is 4.79 Å². The molecule has 2 heterocycles. The Balaban J connectivity index is 1.74. The predicted molar refractivity (Wildman–Crippen MR) is 109 cm³/mol. The zero-order valence-corrected chi connectivity index (χ0v) is 15.5. The van der Waals surface area contributed by atoms with Crippen LogP contribution in [0.2, 0.25) is 5.02 Å². The lowest BCUT2D eigenvalue weighted by atomic mass is 10.1. The number of carbonyl (C=O) groups excluding carboxylic acids is 1. The Morgan fingerprint density at radius 1 is 0.962 bits per heavy atom. The van der Waals surface area contributed by atoms with Gasteiger partial charge in [0.15, 0.2) is 0 Å². The minimum Gasteiger partial charge on any atom is -0.303 e. The highest BCUT2D eigenvalue weighted by Gasteiger charge is 2.29. The Hall–Kier alpha value is -2.62. The highest BCUT2D eigenvalue weighted by Crippen LogP contribution is 2.33. The Morgan fingerprint density at radius 3 is 2.42 bits per heavy atom. The molecule has 4 rings (SSSR count). The number of amides is 1. The average molecular weight is 378 g/mol. The molecule has 1 aromatic heterocycles. The number of nitrogens with zero attached hydrogens (tertiary/aromatic N) is 1. The molecule has 0 bridgehead atoms. The van der Waals surface area contributed by atoms with Crippen molar-refractivity contribution in [3.8, 4) is 0 Å². The van der Waals surface area contributed by atoms with E-state index in [1.165, 1.54) is 0 Å². The maximum Gasteiger partial charge on any atom is 0.258 e. The van der Waals surface area contributed by atoms with Crippen molar-refractivity contribution in [2.45, 2.75) is 6.54 Å². The van der Waals surface area contributed by atoms with Crippen molar-refractivity contribution in [2.75, 3.05) is 0 Å². The van der Waals surface area contributed by atoms with Crippen LogP contribution in [0.4, 0.5) is 0 Å². The van der Waals surface area contributed by atoms with Crippen molar-refractivity contribution in [3.05, 3.63) is 105 Å². The third-order valence-electron chi connectivity index (χ3n) is 4.24. The molecule has 3 aromatic rings. The largest absolute Gasteiger partial charge is 0.303 e. The zero-order chi connectivity index (χ0) is 17.9. The standard InChI is InChI=1S/C22H16ClNOS/c23-19-10-8-17(9-11-19)21-14-18(13-20-7-4-12-26-20)22(25)24(21)15-16-5-2-1-3-6-16/h1-14H,15H2/b18-13+. The molecule has 1 amide bonds. The van der Waals surface area contributed by atoms with Crippen LogP contribution in [0.3, 0.4) is 0 Å². The molecular formula is C22H16ClNOS. The fourth-order valence-corrected chi connectivity index (χ4v) is 3.76. The van der Waals surface area contributed by atoms with E-state index in [9.17, 15) is 4.79 Å². The van der Waals surface area contributed by atoms with Crippen molar-refractivity contribution in [1.29, 1.82) is 0 Å². The molecule has 0 saturated heterocycles. The SMILES string of the molecule is O=C1/C(=C/c2cccs2)C=C(c2ccc(Cl)cc2)N1Cc1ccccc1. The van der Waals surface area contributed by atoms with Gasteiger partial charge in [-0.15, -0.1) is 11.3 Å². The number of rotatable bonds is 4. The summed E-state index contributed by atoms with van der Waals surface area (Å²) >= 11 is 7.65. The van der Waals surface area contributed by atoms with Gasteiger partial charge in [-0.05, 0) is 46.9 Å². The Morgan fingerprint density at radius 2 is 1.73 bits per heavy atom. The fraction of sp³-hybridized carbons (Fsp3) is 0.0455. The van der Waals surface area contributed by atoms with Crippen LogP contribution in [0.15, 0.2) is 83.8 Å². The molecular weight excluding hydrogens is 362 g/mol. The van der Waals surface area contributed by atoms with Gasteiger partial charge < -0.3 is 4.90 Å². The van der Waals surface area contributed by atoms with Crippen LogP contribution in [0.25, 0.3) is 11.8 Å². The van der Waals surface area contributed by atoms with Gasteiger partial charge in [-0.2, -0.15) is 0 Å². The van der Waals surface area contributed by atoms with Gasteiger partial charge in [0.05, 0.1) is 12.2 Å². The molecule has 0 fully saturated rings. The van der Waals surface area contributed by atoms with Gasteiger partial charge in [-0.1, -0.05) is 60.1 Å². The van der Waals surface area contributed by atoms with Crippen LogP contribution in [-0.2, 0) is 11.3 Å². The smallest absolute Gasteiger partial charge is 0.258 e. The highest BCUT2D eigenvalue weighted by atomic mass is 35.5. The molecule has 1 aliphatic rings. The van der Waals surface area contributed by atoms with Gasteiger partial charge in [0.2, 0.25) is 0 Å². The quantitative estimate of drug-likeness (QED) is 0.521. The van der Waals surface area contributed by atoms with E-state index >= 15 is 0 Å². The summed E-state index contributed by atoms with van der Waals surface area (Å²) in [6.07, 6.45) is 3.92. The second kappa shape index (κ2) is 7.32. The van der Waals surface area contributed by atoms with E-state index in [2.05, 4.69) is 0 Å². The lowest BCUT2D eigenvalue weighted by Crippen LogP contribution is -2.25. The molecule has 128 valence electrons. The Bertz CT molecular complexity index is 973. The third-order valence-corrected chi connectivity index (χ3v) is 5.31. The van der Waals surface area contributed by atoms with E-state index in [0.717, 1.165) is 21.7 Å². The number of hydrogen-bond donors (Lipinski definition) is 0. The number of hydrogen-bond acceptors (Lipinski definition) is 2. The second-order valence-corrected chi connectivity index (χ2v) is 7.44. The van der Waals surface area contributed by atoms with Gasteiger partial charge in [0.25, 0.3) is 5.91 Å². The molecule has 0 unspecified atom stereocenters. The minimum atomic E-state index is 0.0206. The number of carbonyl (C=O) groups is 1. The van der Waals surface area contributed by atoms with Crippen molar-refractivity contribution in [1.82, 2.24) is 4.90 Å². The van der Waals surface area contributed by atoms with Gasteiger partial charge in [-0.3, -0.25) is 4.79 Å². The topological polar surface area (TPSA) is 20.3 Å². The maximum atomic E-state index is 13.1. The summed E-state index contributed by atoms with van der Waals surface area (Å²) < 4.78 is 0. The van der Waals surface area contributed by atoms with Gasteiger partial charge >= 0.3 is 0 Å². The van der Waals surface area contributed by atoms with Crippen LogP contribution in [0, 0.1) is 0 Å². The number of thiophene rings is 1. The van der Waals surface area contributed by atoms with Crippen molar-refractivity contribution in [3.63, 3.8) is 0 Å². The summed E-state index contributed by atoms with van der Waals surface area (Å²) in [5.74, 6) is 0.0206. The van der Waals surface area contributed by atoms with Gasteiger partial charge in [0, 0.05) is 15.5 Å². The van der Waals surface area contributed by atoms with Crippen LogP contribution in [0.5, 0.6) is 0 Å². The van der Waals surface area contributed by atoms with Crippen molar-refractivity contribution in [2.24, 2.45) is 0 Å². The van der Waals surface area contributed by atoms with E-state index in [4.69, 9.17) is 11.6 Å².